The van der Waals surface area contributed by atoms with E-state index >= 15 is 0 Å². The number of amides is 1. The van der Waals surface area contributed by atoms with Crippen LogP contribution in [-0.2, 0) is 4.79 Å². The van der Waals surface area contributed by atoms with Gasteiger partial charge in [0.25, 0.3) is 0 Å². The number of aromatic nitrogens is 2. The second kappa shape index (κ2) is 9.53. The molecule has 1 amide bonds. The van der Waals surface area contributed by atoms with Gasteiger partial charge in [-0.1, -0.05) is 71.6 Å². The van der Waals surface area contributed by atoms with Gasteiger partial charge in [-0.05, 0) is 31.5 Å². The molecule has 3 rings (SSSR count). The van der Waals surface area contributed by atoms with Crippen molar-refractivity contribution in [3.63, 3.8) is 0 Å². The maximum atomic E-state index is 13.1. The normalized spacial score (nSPS) is 11.8. The Kier molecular flexibility index (Phi) is 6.84. The molecule has 0 unspecified atom stereocenters. The predicted molar refractivity (Wildman–Crippen MR) is 113 cm³/mol. The molecule has 140 valence electrons. The molecule has 3 aromatic rings. The van der Waals surface area contributed by atoms with E-state index in [-0.39, 0.29) is 11.2 Å². The molecule has 0 bridgehead atoms. The molecule has 0 aliphatic heterocycles. The molecular formula is C20H22N4OS2. The minimum absolute atomic E-state index is 0.101. The summed E-state index contributed by atoms with van der Waals surface area (Å²) in [6.07, 6.45) is 0. The molecule has 1 atom stereocenters. The third kappa shape index (κ3) is 5.08. The van der Waals surface area contributed by atoms with Crippen molar-refractivity contribution in [2.24, 2.45) is 0 Å². The van der Waals surface area contributed by atoms with E-state index in [4.69, 9.17) is 0 Å². The first-order chi connectivity index (χ1) is 13.2. The van der Waals surface area contributed by atoms with Crippen molar-refractivity contribution in [2.45, 2.75) is 23.4 Å². The average Bonchev–Trinajstić information content (AvgIpc) is 3.15. The number of anilines is 2. The molecule has 1 aromatic heterocycles. The number of thioether (sulfide) groups is 1. The van der Waals surface area contributed by atoms with Gasteiger partial charge in [0, 0.05) is 18.8 Å². The lowest BCUT2D eigenvalue weighted by atomic mass is 10.1. The summed E-state index contributed by atoms with van der Waals surface area (Å²) in [6.45, 7) is 5.38. The molecule has 0 aliphatic rings. The smallest absolute Gasteiger partial charge is 0.240 e. The van der Waals surface area contributed by atoms with E-state index in [0.717, 1.165) is 15.6 Å². The molecule has 27 heavy (non-hydrogen) atoms. The Morgan fingerprint density at radius 2 is 1.67 bits per heavy atom. The molecule has 0 aliphatic carbocycles. The van der Waals surface area contributed by atoms with Gasteiger partial charge in [0.15, 0.2) is 4.34 Å². The van der Waals surface area contributed by atoms with Crippen LogP contribution in [0.15, 0.2) is 65.0 Å². The van der Waals surface area contributed by atoms with E-state index in [1.807, 2.05) is 79.4 Å². The highest BCUT2D eigenvalue weighted by Crippen LogP contribution is 2.39. The minimum atomic E-state index is -0.330. The van der Waals surface area contributed by atoms with E-state index in [1.54, 1.807) is 0 Å². The quantitative estimate of drug-likeness (QED) is 0.542. The Morgan fingerprint density at radius 3 is 2.30 bits per heavy atom. The number of nitrogens with zero attached hydrogens (tertiary/aromatic N) is 3. The van der Waals surface area contributed by atoms with Gasteiger partial charge in [0.1, 0.15) is 5.25 Å². The van der Waals surface area contributed by atoms with Crippen LogP contribution in [0.3, 0.4) is 0 Å². The second-order valence-electron chi connectivity index (χ2n) is 5.78. The van der Waals surface area contributed by atoms with Crippen molar-refractivity contribution in [2.75, 3.05) is 18.4 Å². The molecule has 1 N–H and O–H groups in total. The Labute approximate surface area is 167 Å². The van der Waals surface area contributed by atoms with Gasteiger partial charge in [-0.2, -0.15) is 0 Å². The van der Waals surface area contributed by atoms with Crippen LogP contribution in [0.25, 0.3) is 0 Å². The first kappa shape index (κ1) is 19.4. The van der Waals surface area contributed by atoms with Gasteiger partial charge in [-0.3, -0.25) is 4.79 Å². The van der Waals surface area contributed by atoms with Crippen LogP contribution < -0.4 is 5.32 Å². The Morgan fingerprint density at radius 1 is 1.04 bits per heavy atom. The van der Waals surface area contributed by atoms with Crippen molar-refractivity contribution in [1.29, 1.82) is 0 Å². The number of benzene rings is 2. The third-order valence-corrected chi connectivity index (χ3v) is 6.22. The maximum absolute atomic E-state index is 13.1. The summed E-state index contributed by atoms with van der Waals surface area (Å²) in [5, 5.41) is 12.1. The SMILES string of the molecule is CCN(CC)C(=O)[C@H](Sc1nnc(Nc2ccccc2)s1)c1ccccc1. The summed E-state index contributed by atoms with van der Waals surface area (Å²) in [7, 11) is 0. The summed E-state index contributed by atoms with van der Waals surface area (Å²) < 4.78 is 0.766. The highest BCUT2D eigenvalue weighted by molar-refractivity contribution is 8.01. The lowest BCUT2D eigenvalue weighted by molar-refractivity contribution is -0.130. The molecule has 5 nitrogen and oxygen atoms in total. The maximum Gasteiger partial charge on any atom is 0.240 e. The van der Waals surface area contributed by atoms with Gasteiger partial charge in [-0.25, -0.2) is 0 Å². The molecule has 0 saturated heterocycles. The van der Waals surface area contributed by atoms with Gasteiger partial charge >= 0.3 is 0 Å². The molecule has 1 heterocycles. The van der Waals surface area contributed by atoms with Crippen LogP contribution in [0, 0.1) is 0 Å². The molecule has 0 spiro atoms. The number of carbonyl (C=O) groups excluding carboxylic acids is 1. The lowest BCUT2D eigenvalue weighted by Crippen LogP contribution is -2.33. The van der Waals surface area contributed by atoms with E-state index in [2.05, 4.69) is 15.5 Å². The van der Waals surface area contributed by atoms with Crippen molar-refractivity contribution < 1.29 is 4.79 Å². The van der Waals surface area contributed by atoms with Gasteiger partial charge in [0.05, 0.1) is 0 Å². The van der Waals surface area contributed by atoms with Crippen molar-refractivity contribution in [3.05, 3.63) is 66.2 Å². The summed E-state index contributed by atoms with van der Waals surface area (Å²) in [4.78, 5) is 14.9. The number of likely N-dealkylation sites (N-methyl/N-ethyl adjacent to an activating group) is 1. The highest BCUT2D eigenvalue weighted by Gasteiger charge is 2.27. The van der Waals surface area contributed by atoms with Crippen LogP contribution in [0.5, 0.6) is 0 Å². The van der Waals surface area contributed by atoms with E-state index < -0.39 is 0 Å². The van der Waals surface area contributed by atoms with E-state index in [9.17, 15) is 4.79 Å². The average molecular weight is 399 g/mol. The van der Waals surface area contributed by atoms with Crippen LogP contribution >= 0.6 is 23.1 Å². The number of hydrogen-bond donors (Lipinski definition) is 1. The number of nitrogens with one attached hydrogen (secondary N) is 1. The fourth-order valence-electron chi connectivity index (χ4n) is 2.64. The van der Waals surface area contributed by atoms with E-state index in [1.165, 1.54) is 23.1 Å². The molecule has 0 fully saturated rings. The Bertz CT molecular complexity index is 851. The van der Waals surface area contributed by atoms with Gasteiger partial charge in [0.2, 0.25) is 11.0 Å². The molecule has 2 aromatic carbocycles. The van der Waals surface area contributed by atoms with Gasteiger partial charge < -0.3 is 10.2 Å². The molecule has 7 heteroatoms. The Hall–Kier alpha value is -2.38. The fraction of sp³-hybridized carbons (Fsp3) is 0.250. The summed E-state index contributed by atoms with van der Waals surface area (Å²) in [5.41, 5.74) is 1.94. The van der Waals surface area contributed by atoms with Crippen molar-refractivity contribution in [1.82, 2.24) is 15.1 Å². The molecule has 0 saturated carbocycles. The minimum Gasteiger partial charge on any atom is -0.342 e. The van der Waals surface area contributed by atoms with Crippen LogP contribution in [-0.4, -0.2) is 34.1 Å². The van der Waals surface area contributed by atoms with Crippen LogP contribution in [0.2, 0.25) is 0 Å². The molecular weight excluding hydrogens is 376 g/mol. The summed E-state index contributed by atoms with van der Waals surface area (Å²) in [5.74, 6) is 0.101. The van der Waals surface area contributed by atoms with Crippen molar-refractivity contribution >= 4 is 39.8 Å². The second-order valence-corrected chi connectivity index (χ2v) is 8.11. The highest BCUT2D eigenvalue weighted by atomic mass is 32.2. The largest absolute Gasteiger partial charge is 0.342 e. The monoisotopic (exact) mass is 398 g/mol. The Balaban J connectivity index is 1.79. The third-order valence-electron chi connectivity index (χ3n) is 4.05. The first-order valence-corrected chi connectivity index (χ1v) is 10.6. The predicted octanol–water partition coefficient (Wildman–Crippen LogP) is 4.98. The fourth-order valence-corrected chi connectivity index (χ4v) is 4.69. The number of para-hydroxylation sites is 1. The van der Waals surface area contributed by atoms with E-state index in [0.29, 0.717) is 18.2 Å². The van der Waals surface area contributed by atoms with Crippen LogP contribution in [0.1, 0.15) is 24.7 Å². The standard InChI is InChI=1S/C20H22N4OS2/c1-3-24(4-2)18(25)17(15-11-7-5-8-12-15)26-20-23-22-19(27-20)21-16-13-9-6-10-14-16/h5-14,17H,3-4H2,1-2H3,(H,21,22)/t17-/m1/s1. The zero-order valence-electron chi connectivity index (χ0n) is 15.3. The summed E-state index contributed by atoms with van der Waals surface area (Å²) in [6, 6.07) is 19.7. The zero-order valence-corrected chi connectivity index (χ0v) is 17.0. The topological polar surface area (TPSA) is 58.1 Å². The molecule has 0 radical (unpaired) electrons. The zero-order chi connectivity index (χ0) is 19.1. The first-order valence-electron chi connectivity index (χ1n) is 8.87. The van der Waals surface area contributed by atoms with Crippen molar-refractivity contribution in [3.8, 4) is 0 Å². The lowest BCUT2D eigenvalue weighted by Gasteiger charge is -2.24. The number of hydrogen-bond acceptors (Lipinski definition) is 6. The number of carbonyl (C=O) groups is 1. The summed E-state index contributed by atoms with van der Waals surface area (Å²) >= 11 is 2.91. The van der Waals surface area contributed by atoms with Gasteiger partial charge in [-0.15, -0.1) is 10.2 Å². The number of rotatable bonds is 8. The van der Waals surface area contributed by atoms with Crippen LogP contribution in [0.4, 0.5) is 10.8 Å².